The zero-order chi connectivity index (χ0) is 22.7. The van der Waals surface area contributed by atoms with E-state index < -0.39 is 0 Å². The summed E-state index contributed by atoms with van der Waals surface area (Å²) in [7, 11) is 1.76. The molecule has 0 spiro atoms. The predicted molar refractivity (Wildman–Crippen MR) is 127 cm³/mol. The van der Waals surface area contributed by atoms with Crippen LogP contribution in [-0.2, 0) is 0 Å². The SMILES string of the molecule is Cc1nc(/C(N)=C(\CNc2nccc(C3CC3C)n2)N(C)N)ccc1OC1CCCCC1. The lowest BCUT2D eigenvalue weighted by Gasteiger charge is -2.24. The minimum absolute atomic E-state index is 0.285. The molecule has 2 heterocycles. The monoisotopic (exact) mass is 437 g/mol. The van der Waals surface area contributed by atoms with Crippen LogP contribution in [0.4, 0.5) is 5.95 Å². The Morgan fingerprint density at radius 2 is 1.94 bits per heavy atom. The third-order valence-electron chi connectivity index (χ3n) is 6.48. The number of ether oxygens (including phenoxy) is 1. The lowest BCUT2D eigenvalue weighted by Crippen LogP contribution is -2.32. The number of rotatable bonds is 8. The Morgan fingerprint density at radius 3 is 2.59 bits per heavy atom. The van der Waals surface area contributed by atoms with Crippen LogP contribution in [0.25, 0.3) is 5.70 Å². The Morgan fingerprint density at radius 1 is 1.19 bits per heavy atom. The molecule has 0 amide bonds. The number of hydrogen-bond donors (Lipinski definition) is 3. The summed E-state index contributed by atoms with van der Waals surface area (Å²) in [5, 5.41) is 4.77. The van der Waals surface area contributed by atoms with Crippen molar-refractivity contribution in [3.8, 4) is 5.75 Å². The van der Waals surface area contributed by atoms with Crippen molar-refractivity contribution in [3.63, 3.8) is 0 Å². The summed E-state index contributed by atoms with van der Waals surface area (Å²) in [6, 6.07) is 5.85. The highest BCUT2D eigenvalue weighted by atomic mass is 16.5. The normalized spacial score (nSPS) is 21.6. The van der Waals surface area contributed by atoms with E-state index in [4.69, 9.17) is 21.3 Å². The van der Waals surface area contributed by atoms with Gasteiger partial charge in [-0.2, -0.15) is 0 Å². The van der Waals surface area contributed by atoms with Crippen molar-refractivity contribution in [2.45, 2.75) is 64.4 Å². The van der Waals surface area contributed by atoms with Crippen LogP contribution in [-0.4, -0.2) is 39.7 Å². The van der Waals surface area contributed by atoms with Crippen molar-refractivity contribution in [3.05, 3.63) is 47.2 Å². The fourth-order valence-corrected chi connectivity index (χ4v) is 4.30. The molecule has 5 N–H and O–H groups in total. The van der Waals surface area contributed by atoms with Crippen molar-refractivity contribution < 1.29 is 4.74 Å². The van der Waals surface area contributed by atoms with E-state index >= 15 is 0 Å². The molecule has 172 valence electrons. The van der Waals surface area contributed by atoms with Gasteiger partial charge in [0, 0.05) is 24.9 Å². The average Bonchev–Trinajstić information content (AvgIpc) is 3.52. The number of nitrogens with two attached hydrogens (primary N) is 2. The molecule has 2 fully saturated rings. The molecule has 2 atom stereocenters. The molecule has 2 aliphatic carbocycles. The third kappa shape index (κ3) is 5.30. The molecular formula is C24H35N7O. The minimum Gasteiger partial charge on any atom is -0.489 e. The van der Waals surface area contributed by atoms with Crippen LogP contribution in [0.2, 0.25) is 0 Å². The van der Waals surface area contributed by atoms with E-state index in [0.29, 0.717) is 41.4 Å². The fraction of sp³-hybridized carbons (Fsp3) is 0.542. The molecule has 2 aromatic rings. The second-order valence-electron chi connectivity index (χ2n) is 9.11. The van der Waals surface area contributed by atoms with Gasteiger partial charge in [0.2, 0.25) is 5.95 Å². The molecule has 2 unspecified atom stereocenters. The van der Waals surface area contributed by atoms with Crippen molar-refractivity contribution in [1.29, 1.82) is 0 Å². The van der Waals surface area contributed by atoms with E-state index in [0.717, 1.165) is 30.0 Å². The lowest BCUT2D eigenvalue weighted by atomic mass is 9.98. The number of nitrogens with zero attached hydrogens (tertiary/aromatic N) is 4. The van der Waals surface area contributed by atoms with Crippen LogP contribution < -0.4 is 21.6 Å². The Labute approximate surface area is 190 Å². The summed E-state index contributed by atoms with van der Waals surface area (Å²) in [6.07, 6.45) is 9.26. The number of hydrogen-bond acceptors (Lipinski definition) is 8. The van der Waals surface area contributed by atoms with Gasteiger partial charge >= 0.3 is 0 Å². The van der Waals surface area contributed by atoms with Gasteiger partial charge in [0.1, 0.15) is 5.75 Å². The fourth-order valence-electron chi connectivity index (χ4n) is 4.30. The minimum atomic E-state index is 0.285. The molecule has 8 heteroatoms. The molecule has 0 bridgehead atoms. The number of hydrazine groups is 1. The Kier molecular flexibility index (Phi) is 6.79. The Bertz CT molecular complexity index is 969. The van der Waals surface area contributed by atoms with Gasteiger partial charge in [0.25, 0.3) is 0 Å². The van der Waals surface area contributed by atoms with Crippen LogP contribution in [0.15, 0.2) is 30.1 Å². The number of nitrogens with one attached hydrogen (secondary N) is 1. The molecule has 32 heavy (non-hydrogen) atoms. The molecule has 0 radical (unpaired) electrons. The van der Waals surface area contributed by atoms with Crippen molar-refractivity contribution >= 4 is 11.6 Å². The van der Waals surface area contributed by atoms with Crippen molar-refractivity contribution in [2.75, 3.05) is 18.9 Å². The zero-order valence-electron chi connectivity index (χ0n) is 19.3. The van der Waals surface area contributed by atoms with E-state index in [2.05, 4.69) is 22.2 Å². The van der Waals surface area contributed by atoms with Gasteiger partial charge in [-0.1, -0.05) is 13.3 Å². The highest BCUT2D eigenvalue weighted by Crippen LogP contribution is 2.46. The van der Waals surface area contributed by atoms with Crippen LogP contribution in [0.3, 0.4) is 0 Å². The third-order valence-corrected chi connectivity index (χ3v) is 6.48. The number of pyridine rings is 1. The highest BCUT2D eigenvalue weighted by molar-refractivity contribution is 5.64. The number of anilines is 1. The summed E-state index contributed by atoms with van der Waals surface area (Å²) in [4.78, 5) is 13.7. The number of likely N-dealkylation sites (N-methyl/N-ethyl adjacent to an activating group) is 1. The Hall–Kier alpha value is -2.87. The highest BCUT2D eigenvalue weighted by Gasteiger charge is 2.35. The second kappa shape index (κ2) is 9.73. The number of aromatic nitrogens is 3. The van der Waals surface area contributed by atoms with E-state index in [-0.39, 0.29) is 6.10 Å². The van der Waals surface area contributed by atoms with Gasteiger partial charge in [-0.3, -0.25) is 0 Å². The largest absolute Gasteiger partial charge is 0.489 e. The van der Waals surface area contributed by atoms with Crippen LogP contribution in [0.5, 0.6) is 5.75 Å². The van der Waals surface area contributed by atoms with Gasteiger partial charge in [-0.25, -0.2) is 20.8 Å². The zero-order valence-corrected chi connectivity index (χ0v) is 19.3. The molecule has 8 nitrogen and oxygen atoms in total. The maximum absolute atomic E-state index is 6.49. The van der Waals surface area contributed by atoms with Crippen molar-refractivity contribution in [2.24, 2.45) is 17.5 Å². The maximum Gasteiger partial charge on any atom is 0.223 e. The smallest absolute Gasteiger partial charge is 0.223 e. The molecule has 0 aromatic carbocycles. The quantitative estimate of drug-likeness (QED) is 0.424. The van der Waals surface area contributed by atoms with E-state index in [9.17, 15) is 0 Å². The predicted octanol–water partition coefficient (Wildman–Crippen LogP) is 3.56. The molecule has 2 aromatic heterocycles. The lowest BCUT2D eigenvalue weighted by molar-refractivity contribution is 0.153. The Balaban J connectivity index is 1.47. The molecule has 2 aliphatic rings. The van der Waals surface area contributed by atoms with Gasteiger partial charge in [-0.15, -0.1) is 0 Å². The van der Waals surface area contributed by atoms with Crippen molar-refractivity contribution in [1.82, 2.24) is 20.0 Å². The second-order valence-corrected chi connectivity index (χ2v) is 9.11. The van der Waals surface area contributed by atoms with Gasteiger partial charge < -0.3 is 20.8 Å². The molecule has 0 aliphatic heterocycles. The summed E-state index contributed by atoms with van der Waals surface area (Å²) < 4.78 is 6.19. The van der Waals surface area contributed by atoms with E-state index in [1.54, 1.807) is 13.2 Å². The van der Waals surface area contributed by atoms with E-state index in [1.807, 2.05) is 25.1 Å². The topological polar surface area (TPSA) is 115 Å². The molecule has 2 saturated carbocycles. The van der Waals surface area contributed by atoms with E-state index in [1.165, 1.54) is 30.7 Å². The molecule has 0 saturated heterocycles. The first kappa shape index (κ1) is 22.3. The summed E-state index contributed by atoms with van der Waals surface area (Å²) in [5.74, 6) is 8.74. The number of aryl methyl sites for hydroxylation is 1. The summed E-state index contributed by atoms with van der Waals surface area (Å²) in [5.41, 5.74) is 10.3. The first-order chi connectivity index (χ1) is 15.4. The summed E-state index contributed by atoms with van der Waals surface area (Å²) >= 11 is 0. The standard InChI is InChI=1S/C24H35N7O/c1-15-13-18(15)19-11-12-27-24(30-19)28-14-21(31(3)26)23(25)20-9-10-22(16(2)29-20)32-17-7-5-4-6-8-17/h9-12,15,17-18H,4-8,13-14,25-26H2,1-3H3,(H,27,28,30)/b23-21-. The summed E-state index contributed by atoms with van der Waals surface area (Å²) in [6.45, 7) is 4.59. The van der Waals surface area contributed by atoms with Gasteiger partial charge in [-0.05, 0) is 63.1 Å². The molecule has 4 rings (SSSR count). The maximum atomic E-state index is 6.49. The van der Waals surface area contributed by atoms with Crippen LogP contribution >= 0.6 is 0 Å². The average molecular weight is 438 g/mol. The molecular weight excluding hydrogens is 402 g/mol. The first-order valence-corrected chi connectivity index (χ1v) is 11.6. The van der Waals surface area contributed by atoms with Crippen LogP contribution in [0, 0.1) is 12.8 Å². The van der Waals surface area contributed by atoms with Crippen LogP contribution in [0.1, 0.15) is 68.4 Å². The van der Waals surface area contributed by atoms with Gasteiger partial charge in [0.15, 0.2) is 0 Å². The van der Waals surface area contributed by atoms with Gasteiger partial charge in [0.05, 0.1) is 35.4 Å². The first-order valence-electron chi connectivity index (χ1n) is 11.6.